The fraction of sp³-hybridized carbons (Fsp3) is 0.385. The van der Waals surface area contributed by atoms with Gasteiger partial charge in [-0.2, -0.15) is 0 Å². The van der Waals surface area contributed by atoms with Crippen LogP contribution in [0.5, 0.6) is 11.5 Å². The monoisotopic (exact) mass is 280 g/mol. The van der Waals surface area contributed by atoms with Crippen LogP contribution in [-0.4, -0.2) is 25.1 Å². The summed E-state index contributed by atoms with van der Waals surface area (Å²) in [5.41, 5.74) is 5.58. The predicted molar refractivity (Wildman–Crippen MR) is 76.6 cm³/mol. The number of anilines is 1. The number of carbonyl (C=O) groups is 1. The largest absolute Gasteiger partial charge is 0.493 e. The predicted octanol–water partition coefficient (Wildman–Crippen LogP) is 1.71. The Balaban J connectivity index is 2.16. The third kappa shape index (κ3) is 2.49. The van der Waals surface area contributed by atoms with Crippen LogP contribution in [0.4, 0.5) is 5.69 Å². The van der Waals surface area contributed by atoms with Gasteiger partial charge in [0.05, 0.1) is 24.6 Å². The van der Waals surface area contributed by atoms with Gasteiger partial charge in [-0.05, 0) is 25.0 Å². The molecule has 19 heavy (non-hydrogen) atoms. The molecule has 1 saturated carbocycles. The summed E-state index contributed by atoms with van der Waals surface area (Å²) >= 11 is 4.95. The number of thiocarbonyl (C=S) groups is 1. The minimum atomic E-state index is -0.664. The van der Waals surface area contributed by atoms with Gasteiger partial charge in [-0.15, -0.1) is 0 Å². The molecule has 1 amide bonds. The Bertz CT molecular complexity index is 527. The van der Waals surface area contributed by atoms with Gasteiger partial charge in [0, 0.05) is 11.8 Å². The molecule has 0 aliphatic heterocycles. The molecule has 1 fully saturated rings. The Labute approximate surface area is 117 Å². The van der Waals surface area contributed by atoms with Gasteiger partial charge < -0.3 is 20.5 Å². The van der Waals surface area contributed by atoms with Crippen LogP contribution in [0, 0.1) is 5.41 Å². The maximum Gasteiger partial charge on any atom is 0.237 e. The number of hydrogen-bond acceptors (Lipinski definition) is 4. The summed E-state index contributed by atoms with van der Waals surface area (Å²) in [6, 6.07) is 5.18. The van der Waals surface area contributed by atoms with E-state index in [4.69, 9.17) is 27.4 Å². The van der Waals surface area contributed by atoms with Gasteiger partial charge in [-0.25, -0.2) is 0 Å². The molecule has 6 heteroatoms. The maximum absolute atomic E-state index is 12.1. The van der Waals surface area contributed by atoms with E-state index in [0.29, 0.717) is 30.0 Å². The van der Waals surface area contributed by atoms with Crippen LogP contribution in [0.2, 0.25) is 0 Å². The third-order valence-electron chi connectivity index (χ3n) is 3.30. The summed E-state index contributed by atoms with van der Waals surface area (Å²) in [5.74, 6) is 1.00. The lowest BCUT2D eigenvalue weighted by molar-refractivity contribution is -0.118. The first kappa shape index (κ1) is 13.6. The van der Waals surface area contributed by atoms with Crippen molar-refractivity contribution in [2.75, 3.05) is 19.5 Å². The highest BCUT2D eigenvalue weighted by Gasteiger charge is 2.52. The van der Waals surface area contributed by atoms with Crippen LogP contribution < -0.4 is 20.5 Å². The molecule has 2 rings (SSSR count). The molecule has 0 spiro atoms. The van der Waals surface area contributed by atoms with E-state index in [-0.39, 0.29) is 10.9 Å². The van der Waals surface area contributed by atoms with Crippen molar-refractivity contribution in [2.24, 2.45) is 11.1 Å². The number of nitrogens with two attached hydrogens (primary N) is 1. The number of rotatable bonds is 5. The molecule has 1 aliphatic carbocycles. The molecule has 1 aliphatic rings. The van der Waals surface area contributed by atoms with Gasteiger partial charge in [0.2, 0.25) is 5.91 Å². The van der Waals surface area contributed by atoms with Crippen LogP contribution in [0.15, 0.2) is 18.2 Å². The number of amides is 1. The molecule has 0 aromatic heterocycles. The zero-order chi connectivity index (χ0) is 14.0. The minimum Gasteiger partial charge on any atom is -0.493 e. The highest BCUT2D eigenvalue weighted by atomic mass is 32.1. The maximum atomic E-state index is 12.1. The van der Waals surface area contributed by atoms with Gasteiger partial charge in [-0.1, -0.05) is 12.2 Å². The fourth-order valence-corrected chi connectivity index (χ4v) is 2.17. The molecule has 0 bridgehead atoms. The van der Waals surface area contributed by atoms with Crippen molar-refractivity contribution in [3.63, 3.8) is 0 Å². The summed E-state index contributed by atoms with van der Waals surface area (Å²) in [6.07, 6.45) is 1.42. The first-order valence-corrected chi connectivity index (χ1v) is 6.28. The van der Waals surface area contributed by atoms with E-state index in [1.165, 1.54) is 0 Å². The van der Waals surface area contributed by atoms with E-state index in [1.807, 2.05) is 0 Å². The average molecular weight is 280 g/mol. The number of hydrogen-bond donors (Lipinski definition) is 2. The zero-order valence-corrected chi connectivity index (χ0v) is 11.7. The van der Waals surface area contributed by atoms with Gasteiger partial charge in [-0.3, -0.25) is 4.79 Å². The summed E-state index contributed by atoms with van der Waals surface area (Å²) < 4.78 is 10.3. The standard InChI is InChI=1S/C13H16N2O3S/c1-17-9-4-3-8(7-10(9)18-2)15-12(16)13(5-6-13)11(14)19/h3-4,7H,5-6H2,1-2H3,(H2,14,19)(H,15,16). The van der Waals surface area contributed by atoms with Crippen LogP contribution >= 0.6 is 12.2 Å². The number of benzene rings is 1. The quantitative estimate of drug-likeness (QED) is 0.803. The molecule has 3 N–H and O–H groups in total. The summed E-state index contributed by atoms with van der Waals surface area (Å²) in [7, 11) is 3.10. The average Bonchev–Trinajstić information content (AvgIpc) is 3.20. The van der Waals surface area contributed by atoms with Crippen LogP contribution in [0.3, 0.4) is 0 Å². The Kier molecular flexibility index (Phi) is 3.61. The van der Waals surface area contributed by atoms with E-state index in [9.17, 15) is 4.79 Å². The van der Waals surface area contributed by atoms with Crippen LogP contribution in [0.1, 0.15) is 12.8 Å². The van der Waals surface area contributed by atoms with E-state index in [2.05, 4.69) is 5.32 Å². The normalized spacial score (nSPS) is 15.5. The molecule has 0 unspecified atom stereocenters. The van der Waals surface area contributed by atoms with Gasteiger partial charge in [0.15, 0.2) is 11.5 Å². The molecule has 0 heterocycles. The van der Waals surface area contributed by atoms with Crippen LogP contribution in [0.25, 0.3) is 0 Å². The number of methoxy groups -OCH3 is 2. The highest BCUT2D eigenvalue weighted by molar-refractivity contribution is 7.80. The second-order valence-corrected chi connectivity index (χ2v) is 4.91. The smallest absolute Gasteiger partial charge is 0.237 e. The Hall–Kier alpha value is -1.82. The van der Waals surface area contributed by atoms with E-state index in [1.54, 1.807) is 32.4 Å². The second-order valence-electron chi connectivity index (χ2n) is 4.47. The summed E-state index contributed by atoms with van der Waals surface area (Å²) in [6.45, 7) is 0. The Morgan fingerprint density at radius 2 is 1.95 bits per heavy atom. The minimum absolute atomic E-state index is 0.160. The molecule has 1 aromatic carbocycles. The molecule has 102 valence electrons. The van der Waals surface area contributed by atoms with E-state index < -0.39 is 5.41 Å². The third-order valence-corrected chi connectivity index (χ3v) is 3.69. The molecular formula is C13H16N2O3S. The van der Waals surface area contributed by atoms with Crippen LogP contribution in [-0.2, 0) is 4.79 Å². The van der Waals surface area contributed by atoms with E-state index >= 15 is 0 Å². The second kappa shape index (κ2) is 5.05. The lowest BCUT2D eigenvalue weighted by atomic mass is 10.1. The molecular weight excluding hydrogens is 264 g/mol. The lowest BCUT2D eigenvalue weighted by Gasteiger charge is -2.15. The molecule has 0 radical (unpaired) electrons. The molecule has 1 aromatic rings. The van der Waals surface area contributed by atoms with Crippen molar-refractivity contribution < 1.29 is 14.3 Å². The highest BCUT2D eigenvalue weighted by Crippen LogP contribution is 2.47. The fourth-order valence-electron chi connectivity index (χ4n) is 1.88. The van der Waals surface area contributed by atoms with Gasteiger partial charge >= 0.3 is 0 Å². The first-order chi connectivity index (χ1) is 9.03. The van der Waals surface area contributed by atoms with Gasteiger partial charge in [0.25, 0.3) is 0 Å². The molecule has 0 saturated heterocycles. The SMILES string of the molecule is COc1ccc(NC(=O)C2(C(N)=S)CC2)cc1OC. The first-order valence-electron chi connectivity index (χ1n) is 5.87. The topological polar surface area (TPSA) is 73.6 Å². The van der Waals surface area contributed by atoms with Crippen molar-refractivity contribution >= 4 is 28.8 Å². The number of carbonyl (C=O) groups excluding carboxylic acids is 1. The Morgan fingerprint density at radius 3 is 2.42 bits per heavy atom. The molecule has 0 atom stereocenters. The zero-order valence-electron chi connectivity index (χ0n) is 10.9. The lowest BCUT2D eigenvalue weighted by Crippen LogP contribution is -2.34. The summed E-state index contributed by atoms with van der Waals surface area (Å²) in [4.78, 5) is 12.4. The van der Waals surface area contributed by atoms with Gasteiger partial charge in [0.1, 0.15) is 0 Å². The van der Waals surface area contributed by atoms with E-state index in [0.717, 1.165) is 0 Å². The number of nitrogens with one attached hydrogen (secondary N) is 1. The van der Waals surface area contributed by atoms with Crippen molar-refractivity contribution in [1.29, 1.82) is 0 Å². The van der Waals surface area contributed by atoms with Crippen molar-refractivity contribution in [3.8, 4) is 11.5 Å². The number of ether oxygens (including phenoxy) is 2. The van der Waals surface area contributed by atoms with Crippen molar-refractivity contribution in [3.05, 3.63) is 18.2 Å². The van der Waals surface area contributed by atoms with Crippen molar-refractivity contribution in [1.82, 2.24) is 0 Å². The summed E-state index contributed by atoms with van der Waals surface area (Å²) in [5, 5.41) is 2.81. The molecule has 5 nitrogen and oxygen atoms in total. The Morgan fingerprint density at radius 1 is 1.32 bits per heavy atom. The van der Waals surface area contributed by atoms with Crippen molar-refractivity contribution in [2.45, 2.75) is 12.8 Å².